The van der Waals surface area contributed by atoms with Crippen LogP contribution in [-0.2, 0) is 31.6 Å². The van der Waals surface area contributed by atoms with Crippen LogP contribution < -0.4 is 4.74 Å². The zero-order valence-corrected chi connectivity index (χ0v) is 23.0. The van der Waals surface area contributed by atoms with Crippen molar-refractivity contribution < 1.29 is 39.9 Å². The monoisotopic (exact) mass is 595 g/mol. The average Bonchev–Trinajstić information content (AvgIpc) is 2.88. The minimum atomic E-state index is -5.03. The lowest BCUT2D eigenvalue weighted by Gasteiger charge is -2.44. The predicted octanol–water partition coefficient (Wildman–Crippen LogP) is 3.37. The lowest BCUT2D eigenvalue weighted by atomic mass is 10.1. The van der Waals surface area contributed by atoms with E-state index in [9.17, 15) is 40.0 Å². The van der Waals surface area contributed by atoms with E-state index in [-0.39, 0.29) is 28.7 Å². The van der Waals surface area contributed by atoms with Crippen LogP contribution in [-0.4, -0.2) is 73.4 Å². The van der Waals surface area contributed by atoms with E-state index < -0.39 is 54.0 Å². The molecule has 1 amide bonds. The van der Waals surface area contributed by atoms with Gasteiger partial charge in [-0.3, -0.25) is 18.8 Å². The number of hydrogen-bond donors (Lipinski definition) is 2. The van der Waals surface area contributed by atoms with Crippen LogP contribution in [0, 0.1) is 10.7 Å². The van der Waals surface area contributed by atoms with Gasteiger partial charge < -0.3 is 9.64 Å². The molecule has 2 unspecified atom stereocenters. The number of amides is 1. The molecule has 0 aliphatic carbocycles. The molecule has 3 aromatic rings. The van der Waals surface area contributed by atoms with Gasteiger partial charge in [-0.25, -0.2) is 4.39 Å². The molecular weight excluding hydrogens is 569 g/mol. The standard InChI is InChI=1S/C25H26FN3O9S2/c1-15-12-29(16(2)11-28(15)13-17-3-5-19(26)6-4-17)23(30)14-38-25-22(40(35,36)37)10-18-9-20(39(32,33)34)7-8-21(18)24(25)27-31/h3-10,15-16H,11-14H2,1-2H3,(H,32,33,34)(H,35,36,37). The SMILES string of the molecule is CC1CN(C(=O)COc2c(S(=O)(=O)O)cc3cc(S(=O)(=O)O)ccc3c2N=O)C(C)CN1Cc1ccc(F)cc1. The largest absolute Gasteiger partial charge is 0.480 e. The summed E-state index contributed by atoms with van der Waals surface area (Å²) in [4.78, 5) is 27.1. The van der Waals surface area contributed by atoms with Crippen molar-refractivity contribution in [3.8, 4) is 5.75 Å². The van der Waals surface area contributed by atoms with Gasteiger partial charge in [0.15, 0.2) is 18.0 Å². The molecule has 0 aromatic heterocycles. The van der Waals surface area contributed by atoms with Gasteiger partial charge in [0.1, 0.15) is 10.7 Å². The number of rotatable bonds is 8. The summed E-state index contributed by atoms with van der Waals surface area (Å²) in [6, 6.07) is 9.63. The molecule has 1 aliphatic heterocycles. The van der Waals surface area contributed by atoms with Crippen molar-refractivity contribution in [1.29, 1.82) is 0 Å². The molecule has 3 aromatic carbocycles. The van der Waals surface area contributed by atoms with E-state index in [0.717, 1.165) is 29.8 Å². The first kappa shape index (κ1) is 29.5. The number of carbonyl (C=O) groups is 1. The summed E-state index contributed by atoms with van der Waals surface area (Å²) in [7, 11) is -9.69. The quantitative estimate of drug-likeness (QED) is 0.291. The Hall–Kier alpha value is -3.50. The van der Waals surface area contributed by atoms with Crippen molar-refractivity contribution in [2.24, 2.45) is 5.18 Å². The summed E-state index contributed by atoms with van der Waals surface area (Å²) in [6.07, 6.45) is 0. The van der Waals surface area contributed by atoms with E-state index in [4.69, 9.17) is 4.74 Å². The number of carbonyl (C=O) groups excluding carboxylic acids is 1. The van der Waals surface area contributed by atoms with Crippen LogP contribution in [0.4, 0.5) is 10.1 Å². The highest BCUT2D eigenvalue weighted by atomic mass is 32.2. The lowest BCUT2D eigenvalue weighted by Crippen LogP contribution is -2.58. The number of halogens is 1. The molecule has 1 aliphatic rings. The lowest BCUT2D eigenvalue weighted by molar-refractivity contribution is -0.139. The van der Waals surface area contributed by atoms with Crippen LogP contribution in [0.3, 0.4) is 0 Å². The Kier molecular flexibility index (Phi) is 8.23. The third-order valence-corrected chi connectivity index (χ3v) is 8.45. The maximum Gasteiger partial charge on any atom is 0.298 e. The molecule has 1 fully saturated rings. The fourth-order valence-corrected chi connectivity index (χ4v) is 5.89. The zero-order valence-electron chi connectivity index (χ0n) is 21.4. The molecule has 1 heterocycles. The Balaban J connectivity index is 1.57. The summed E-state index contributed by atoms with van der Waals surface area (Å²) in [5, 5.41) is 2.64. The van der Waals surface area contributed by atoms with Crippen molar-refractivity contribution in [3.05, 3.63) is 64.8 Å². The molecule has 0 radical (unpaired) electrons. The number of fused-ring (bicyclic) bond motifs is 1. The summed E-state index contributed by atoms with van der Waals surface area (Å²) in [5.74, 6) is -1.52. The maximum atomic E-state index is 13.2. The summed E-state index contributed by atoms with van der Waals surface area (Å²) < 4.78 is 85.1. The number of nitroso groups, excluding NO2 is 1. The molecule has 4 rings (SSSR count). The van der Waals surface area contributed by atoms with Crippen molar-refractivity contribution >= 4 is 42.6 Å². The highest BCUT2D eigenvalue weighted by molar-refractivity contribution is 7.86. The van der Waals surface area contributed by atoms with Gasteiger partial charge in [0.2, 0.25) is 0 Å². The Labute approximate surface area is 229 Å². The Bertz CT molecular complexity index is 1680. The molecule has 15 heteroatoms. The summed E-state index contributed by atoms with van der Waals surface area (Å²) in [5.41, 5.74) is 0.334. The second-order valence-corrected chi connectivity index (χ2v) is 12.4. The Morgan fingerprint density at radius 3 is 2.27 bits per heavy atom. The van der Waals surface area contributed by atoms with Crippen LogP contribution in [0.2, 0.25) is 0 Å². The fourth-order valence-electron chi connectivity index (χ4n) is 4.71. The average molecular weight is 596 g/mol. The van der Waals surface area contributed by atoms with E-state index in [1.54, 1.807) is 17.0 Å². The molecule has 0 saturated carbocycles. The number of benzene rings is 3. The first-order chi connectivity index (χ1) is 18.7. The van der Waals surface area contributed by atoms with Crippen molar-refractivity contribution in [2.75, 3.05) is 19.7 Å². The number of hydrogen-bond acceptors (Lipinski definition) is 9. The van der Waals surface area contributed by atoms with E-state index in [1.807, 2.05) is 13.8 Å². The first-order valence-corrected chi connectivity index (χ1v) is 14.9. The molecule has 2 N–H and O–H groups in total. The summed E-state index contributed by atoms with van der Waals surface area (Å²) in [6.45, 7) is 4.41. The van der Waals surface area contributed by atoms with Gasteiger partial charge in [0, 0.05) is 37.1 Å². The number of nitrogens with zero attached hydrogens (tertiary/aromatic N) is 3. The second kappa shape index (κ2) is 11.2. The van der Waals surface area contributed by atoms with E-state index in [2.05, 4.69) is 10.1 Å². The van der Waals surface area contributed by atoms with Crippen LogP contribution in [0.25, 0.3) is 10.8 Å². The van der Waals surface area contributed by atoms with Crippen LogP contribution in [0.5, 0.6) is 5.75 Å². The van der Waals surface area contributed by atoms with Gasteiger partial charge in [0.25, 0.3) is 26.1 Å². The molecule has 2 atom stereocenters. The van der Waals surface area contributed by atoms with Crippen molar-refractivity contribution in [1.82, 2.24) is 9.80 Å². The van der Waals surface area contributed by atoms with E-state index in [0.29, 0.717) is 19.6 Å². The van der Waals surface area contributed by atoms with Gasteiger partial charge in [0.05, 0.1) is 4.90 Å². The van der Waals surface area contributed by atoms with Gasteiger partial charge in [-0.1, -0.05) is 18.2 Å². The third kappa shape index (κ3) is 6.28. The topological polar surface area (TPSA) is 171 Å². The van der Waals surface area contributed by atoms with Gasteiger partial charge in [-0.2, -0.15) is 16.8 Å². The predicted molar refractivity (Wildman–Crippen MR) is 142 cm³/mol. The van der Waals surface area contributed by atoms with E-state index >= 15 is 0 Å². The third-order valence-electron chi connectivity index (χ3n) is 6.74. The van der Waals surface area contributed by atoms with Crippen LogP contribution in [0.15, 0.2) is 63.5 Å². The van der Waals surface area contributed by atoms with Gasteiger partial charge in [-0.05, 0) is 60.3 Å². The van der Waals surface area contributed by atoms with E-state index in [1.165, 1.54) is 12.1 Å². The van der Waals surface area contributed by atoms with Crippen molar-refractivity contribution in [3.63, 3.8) is 0 Å². The van der Waals surface area contributed by atoms with Crippen LogP contribution >= 0.6 is 0 Å². The normalized spacial score (nSPS) is 18.6. The zero-order chi connectivity index (χ0) is 29.4. The number of ether oxygens (including phenoxy) is 1. The van der Waals surface area contributed by atoms with Gasteiger partial charge in [-0.15, -0.1) is 4.91 Å². The van der Waals surface area contributed by atoms with Crippen LogP contribution in [0.1, 0.15) is 19.4 Å². The summed E-state index contributed by atoms with van der Waals surface area (Å²) >= 11 is 0. The minimum absolute atomic E-state index is 0.0337. The number of piperazine rings is 1. The van der Waals surface area contributed by atoms with Crippen molar-refractivity contribution in [2.45, 2.75) is 42.3 Å². The van der Waals surface area contributed by atoms with Gasteiger partial charge >= 0.3 is 0 Å². The minimum Gasteiger partial charge on any atom is -0.480 e. The first-order valence-electron chi connectivity index (χ1n) is 12.0. The molecular formula is C25H26FN3O9S2. The molecule has 0 bridgehead atoms. The fraction of sp³-hybridized carbons (Fsp3) is 0.320. The molecule has 40 heavy (non-hydrogen) atoms. The Morgan fingerprint density at radius 1 is 1.00 bits per heavy atom. The molecule has 0 spiro atoms. The molecule has 1 saturated heterocycles. The highest BCUT2D eigenvalue weighted by Gasteiger charge is 2.33. The maximum absolute atomic E-state index is 13.2. The highest BCUT2D eigenvalue weighted by Crippen LogP contribution is 2.42. The smallest absolute Gasteiger partial charge is 0.298 e. The Morgan fingerprint density at radius 2 is 1.68 bits per heavy atom. The second-order valence-electron chi connectivity index (χ2n) is 9.57. The molecule has 214 valence electrons. The molecule has 12 nitrogen and oxygen atoms in total.